The molecule has 10 nitrogen and oxygen atoms in total. The number of benzene rings is 1. The van der Waals surface area contributed by atoms with Crippen molar-refractivity contribution in [3.8, 4) is 11.5 Å². The number of nitrogens with one attached hydrogen (secondary N) is 1. The molecule has 0 atom stereocenters. The van der Waals surface area contributed by atoms with Gasteiger partial charge in [-0.25, -0.2) is 14.2 Å². The first kappa shape index (κ1) is 21.9. The van der Waals surface area contributed by atoms with Gasteiger partial charge in [0.25, 0.3) is 5.69 Å². The zero-order chi connectivity index (χ0) is 22.5. The maximum absolute atomic E-state index is 14.0. The van der Waals surface area contributed by atoms with E-state index >= 15 is 0 Å². The lowest BCUT2D eigenvalue weighted by Gasteiger charge is -2.36. The fourth-order valence-corrected chi connectivity index (χ4v) is 3.29. The second-order valence-electron chi connectivity index (χ2n) is 7.13. The van der Waals surface area contributed by atoms with E-state index in [0.717, 1.165) is 18.2 Å². The van der Waals surface area contributed by atoms with E-state index in [1.54, 1.807) is 16.8 Å². The number of urea groups is 1. The van der Waals surface area contributed by atoms with Gasteiger partial charge >= 0.3 is 6.03 Å². The van der Waals surface area contributed by atoms with Crippen molar-refractivity contribution >= 4 is 23.4 Å². The Morgan fingerprint density at radius 3 is 2.61 bits per heavy atom. The lowest BCUT2D eigenvalue weighted by molar-refractivity contribution is -0.385. The van der Waals surface area contributed by atoms with Gasteiger partial charge in [-0.15, -0.1) is 0 Å². The number of pyridine rings is 1. The fourth-order valence-electron chi connectivity index (χ4n) is 3.29. The number of non-ortho nitro benzene ring substituents is 1. The Kier molecular flexibility index (Phi) is 6.63. The summed E-state index contributed by atoms with van der Waals surface area (Å²) in [7, 11) is 1.68. The van der Waals surface area contributed by atoms with Crippen molar-refractivity contribution in [2.24, 2.45) is 0 Å². The largest absolute Gasteiger partial charge is 0.454 e. The van der Waals surface area contributed by atoms with Crippen LogP contribution in [-0.2, 0) is 4.79 Å². The molecule has 1 aliphatic heterocycles. The summed E-state index contributed by atoms with van der Waals surface area (Å²) < 4.78 is 19.5. The third-order valence-electron chi connectivity index (χ3n) is 5.10. The lowest BCUT2D eigenvalue weighted by Crippen LogP contribution is -2.48. The molecule has 3 rings (SSSR count). The molecular formula is C20H22FN5O5. The number of carbonyl (C=O) groups excluding carboxylic acids is 2. The molecule has 2 aromatic rings. The van der Waals surface area contributed by atoms with Crippen LogP contribution in [0.4, 0.5) is 20.7 Å². The zero-order valence-corrected chi connectivity index (χ0v) is 17.1. The van der Waals surface area contributed by atoms with E-state index < -0.39 is 10.7 Å². The van der Waals surface area contributed by atoms with Crippen LogP contribution in [0.2, 0.25) is 0 Å². The monoisotopic (exact) mass is 431 g/mol. The number of ether oxygens (including phenoxy) is 1. The smallest absolute Gasteiger partial charge is 0.323 e. The first-order valence-corrected chi connectivity index (χ1v) is 9.62. The maximum Gasteiger partial charge on any atom is 0.323 e. The number of amides is 3. The number of nitrogens with zero attached hydrogens (tertiary/aromatic N) is 4. The second kappa shape index (κ2) is 9.37. The van der Waals surface area contributed by atoms with E-state index in [0.29, 0.717) is 25.9 Å². The highest BCUT2D eigenvalue weighted by Gasteiger charge is 2.26. The molecule has 1 aliphatic rings. The van der Waals surface area contributed by atoms with Gasteiger partial charge in [0, 0.05) is 51.4 Å². The third kappa shape index (κ3) is 5.44. The predicted molar refractivity (Wildman–Crippen MR) is 109 cm³/mol. The molecule has 1 aromatic heterocycles. The molecule has 1 N–H and O–H groups in total. The van der Waals surface area contributed by atoms with Gasteiger partial charge in [0.05, 0.1) is 11.0 Å². The first-order valence-electron chi connectivity index (χ1n) is 9.62. The van der Waals surface area contributed by atoms with E-state index in [9.17, 15) is 24.1 Å². The Hall–Kier alpha value is -3.76. The summed E-state index contributed by atoms with van der Waals surface area (Å²) in [6.07, 6.45) is 2.75. The quantitative estimate of drug-likeness (QED) is 0.573. The molecule has 1 aromatic carbocycles. The van der Waals surface area contributed by atoms with Crippen LogP contribution < -0.4 is 10.1 Å². The number of anilines is 1. The van der Waals surface area contributed by atoms with Gasteiger partial charge in [0.2, 0.25) is 5.91 Å². The van der Waals surface area contributed by atoms with Crippen molar-refractivity contribution < 1.29 is 23.6 Å². The second-order valence-corrected chi connectivity index (χ2v) is 7.13. The number of nitro groups is 1. The number of halogens is 1. The Bertz CT molecular complexity index is 994. The maximum atomic E-state index is 14.0. The summed E-state index contributed by atoms with van der Waals surface area (Å²) >= 11 is 0. The lowest BCUT2D eigenvalue weighted by atomic mass is 10.0. The number of nitro benzene ring substituents is 1. The van der Waals surface area contributed by atoms with Crippen molar-refractivity contribution in [2.45, 2.75) is 25.8 Å². The van der Waals surface area contributed by atoms with Crippen LogP contribution in [0.1, 0.15) is 19.8 Å². The highest BCUT2D eigenvalue weighted by molar-refractivity contribution is 5.88. The van der Waals surface area contributed by atoms with E-state index in [4.69, 9.17) is 4.74 Å². The molecule has 31 heavy (non-hydrogen) atoms. The third-order valence-corrected chi connectivity index (χ3v) is 5.10. The first-order chi connectivity index (χ1) is 14.7. The van der Waals surface area contributed by atoms with Crippen molar-refractivity contribution in [3.63, 3.8) is 0 Å². The van der Waals surface area contributed by atoms with E-state index in [1.807, 2.05) is 0 Å². The molecule has 0 unspecified atom stereocenters. The average molecular weight is 431 g/mol. The minimum atomic E-state index is -0.881. The van der Waals surface area contributed by atoms with Gasteiger partial charge in [0.15, 0.2) is 11.6 Å². The van der Waals surface area contributed by atoms with Crippen LogP contribution in [0, 0.1) is 15.9 Å². The van der Waals surface area contributed by atoms with Crippen molar-refractivity contribution in [1.82, 2.24) is 14.8 Å². The highest BCUT2D eigenvalue weighted by atomic mass is 19.1. The molecule has 0 saturated carbocycles. The van der Waals surface area contributed by atoms with Gasteiger partial charge < -0.3 is 14.5 Å². The molecule has 11 heteroatoms. The van der Waals surface area contributed by atoms with Gasteiger partial charge in [-0.2, -0.15) is 0 Å². The molecule has 2 heterocycles. The fraction of sp³-hybridized carbons (Fsp3) is 0.350. The molecule has 1 saturated heterocycles. The number of aromatic nitrogens is 1. The van der Waals surface area contributed by atoms with E-state index in [-0.39, 0.29) is 41.0 Å². The van der Waals surface area contributed by atoms with Crippen molar-refractivity contribution in [1.29, 1.82) is 0 Å². The minimum Gasteiger partial charge on any atom is -0.454 e. The Balaban J connectivity index is 1.62. The summed E-state index contributed by atoms with van der Waals surface area (Å²) in [6.45, 7) is 2.72. The number of likely N-dealkylation sites (tertiary alicyclic amines) is 1. The number of piperidine rings is 1. The van der Waals surface area contributed by atoms with E-state index in [1.165, 1.54) is 25.3 Å². The molecule has 1 fully saturated rings. The molecule has 0 radical (unpaired) electrons. The van der Waals surface area contributed by atoms with Crippen LogP contribution in [0.5, 0.6) is 11.5 Å². The number of carbonyl (C=O) groups is 2. The summed E-state index contributed by atoms with van der Waals surface area (Å²) in [5.41, 5.74) is -0.385. The van der Waals surface area contributed by atoms with Gasteiger partial charge in [-0.1, -0.05) is 0 Å². The molecule has 164 valence electrons. The SMILES string of the molecule is CC(=O)N1CCC(N(C)C(=O)Nc2cc(Oc3ccc([N+](=O)[O-])cc3F)ccn2)CC1. The number of rotatable bonds is 5. The standard InChI is InChI=1S/C20H22FN5O5/c1-13(27)25-9-6-14(7-10-25)24(2)20(28)23-19-12-16(5-8-22-19)31-18-4-3-15(26(29)30)11-17(18)21/h3-5,8,11-12,14H,6-7,9-10H2,1-2H3,(H,22,23,28). The Labute approximate surface area is 177 Å². The van der Waals surface area contributed by atoms with Crippen LogP contribution in [-0.4, -0.2) is 57.8 Å². The molecular weight excluding hydrogens is 409 g/mol. The minimum absolute atomic E-state index is 0.00996. The molecule has 0 spiro atoms. The number of hydrogen-bond acceptors (Lipinski definition) is 6. The summed E-state index contributed by atoms with van der Waals surface area (Å²) in [6, 6.07) is 5.58. The number of hydrogen-bond donors (Lipinski definition) is 1. The summed E-state index contributed by atoms with van der Waals surface area (Å²) in [4.78, 5) is 41.4. The van der Waals surface area contributed by atoms with Crippen LogP contribution >= 0.6 is 0 Å². The predicted octanol–water partition coefficient (Wildman–Crippen LogP) is 3.40. The molecule has 0 bridgehead atoms. The van der Waals surface area contributed by atoms with Crippen LogP contribution in [0.3, 0.4) is 0 Å². The molecule has 0 aliphatic carbocycles. The zero-order valence-electron chi connectivity index (χ0n) is 17.1. The average Bonchev–Trinajstić information content (AvgIpc) is 2.74. The summed E-state index contributed by atoms with van der Waals surface area (Å²) in [5, 5.41) is 13.4. The van der Waals surface area contributed by atoms with Crippen LogP contribution in [0.25, 0.3) is 0 Å². The van der Waals surface area contributed by atoms with Gasteiger partial charge in [-0.05, 0) is 25.0 Å². The van der Waals surface area contributed by atoms with Crippen molar-refractivity contribution in [2.75, 3.05) is 25.5 Å². The normalized spacial score (nSPS) is 14.1. The topological polar surface area (TPSA) is 118 Å². The van der Waals surface area contributed by atoms with Gasteiger partial charge in [-0.3, -0.25) is 20.2 Å². The van der Waals surface area contributed by atoms with Gasteiger partial charge in [0.1, 0.15) is 11.6 Å². The van der Waals surface area contributed by atoms with Crippen molar-refractivity contribution in [3.05, 3.63) is 52.5 Å². The summed E-state index contributed by atoms with van der Waals surface area (Å²) in [5.74, 6) is -0.638. The van der Waals surface area contributed by atoms with E-state index in [2.05, 4.69) is 10.3 Å². The highest BCUT2D eigenvalue weighted by Crippen LogP contribution is 2.28. The Morgan fingerprint density at radius 1 is 1.29 bits per heavy atom. The van der Waals surface area contributed by atoms with Crippen LogP contribution in [0.15, 0.2) is 36.5 Å². The Morgan fingerprint density at radius 2 is 2.00 bits per heavy atom. The molecule has 3 amide bonds.